The molecule has 19 heavy (non-hydrogen) atoms. The van der Waals surface area contributed by atoms with Crippen molar-refractivity contribution in [3.05, 3.63) is 35.4 Å². The van der Waals surface area contributed by atoms with Crippen LogP contribution in [0.1, 0.15) is 51.5 Å². The third-order valence-corrected chi connectivity index (χ3v) is 4.75. The van der Waals surface area contributed by atoms with Gasteiger partial charge >= 0.3 is 0 Å². The van der Waals surface area contributed by atoms with Crippen LogP contribution in [0.5, 0.6) is 0 Å². The Labute approximate surface area is 115 Å². The second kappa shape index (κ2) is 6.49. The molecule has 0 spiro atoms. The third kappa shape index (κ3) is 4.02. The summed E-state index contributed by atoms with van der Waals surface area (Å²) in [5.41, 5.74) is 0.794. The standard InChI is InChI=1S/C17H24F2/c1-3-13-4-6-15(7-5-13)12(2)8-14-9-16(18)11-17(19)10-14/h9-13,15H,3-8H2,1-2H3. The lowest BCUT2D eigenvalue weighted by Gasteiger charge is -2.32. The van der Waals surface area contributed by atoms with Crippen molar-refractivity contribution in [1.82, 2.24) is 0 Å². The van der Waals surface area contributed by atoms with Gasteiger partial charge in [0.15, 0.2) is 0 Å². The predicted octanol–water partition coefficient (Wildman–Crippen LogP) is 5.36. The Hall–Kier alpha value is -0.920. The highest BCUT2D eigenvalue weighted by molar-refractivity contribution is 5.18. The third-order valence-electron chi connectivity index (χ3n) is 4.75. The average molecular weight is 266 g/mol. The average Bonchev–Trinajstić information content (AvgIpc) is 2.37. The Bertz CT molecular complexity index is 385. The van der Waals surface area contributed by atoms with Gasteiger partial charge in [-0.25, -0.2) is 8.78 Å². The Morgan fingerprint density at radius 3 is 2.16 bits per heavy atom. The zero-order valence-electron chi connectivity index (χ0n) is 12.0. The molecule has 2 rings (SSSR count). The maximum absolute atomic E-state index is 13.2. The smallest absolute Gasteiger partial charge is 0.126 e. The summed E-state index contributed by atoms with van der Waals surface area (Å²) in [4.78, 5) is 0. The molecule has 1 aliphatic rings. The molecular formula is C17H24F2. The van der Waals surface area contributed by atoms with E-state index in [1.54, 1.807) is 0 Å². The highest BCUT2D eigenvalue weighted by atomic mass is 19.1. The number of rotatable bonds is 4. The Morgan fingerprint density at radius 1 is 1.05 bits per heavy atom. The lowest BCUT2D eigenvalue weighted by molar-refractivity contribution is 0.210. The largest absolute Gasteiger partial charge is 0.207 e. The first-order valence-corrected chi connectivity index (χ1v) is 7.53. The van der Waals surface area contributed by atoms with E-state index >= 15 is 0 Å². The normalized spacial score (nSPS) is 25.3. The summed E-state index contributed by atoms with van der Waals surface area (Å²) in [5.74, 6) is 1.21. The summed E-state index contributed by atoms with van der Waals surface area (Å²) >= 11 is 0. The van der Waals surface area contributed by atoms with Crippen molar-refractivity contribution < 1.29 is 8.78 Å². The van der Waals surface area contributed by atoms with Crippen molar-refractivity contribution in [1.29, 1.82) is 0 Å². The fraction of sp³-hybridized carbons (Fsp3) is 0.647. The molecule has 0 radical (unpaired) electrons. The molecule has 1 aromatic rings. The van der Waals surface area contributed by atoms with E-state index < -0.39 is 11.6 Å². The van der Waals surface area contributed by atoms with Crippen molar-refractivity contribution in [2.45, 2.75) is 52.4 Å². The first-order chi connectivity index (χ1) is 9.08. The SMILES string of the molecule is CCC1CCC(C(C)Cc2cc(F)cc(F)c2)CC1. The van der Waals surface area contributed by atoms with Crippen LogP contribution in [0, 0.1) is 29.4 Å². The fourth-order valence-corrected chi connectivity index (χ4v) is 3.43. The van der Waals surface area contributed by atoms with E-state index in [4.69, 9.17) is 0 Å². The Morgan fingerprint density at radius 2 is 1.63 bits per heavy atom. The highest BCUT2D eigenvalue weighted by Crippen LogP contribution is 2.36. The van der Waals surface area contributed by atoms with Gasteiger partial charge in [-0.3, -0.25) is 0 Å². The van der Waals surface area contributed by atoms with Crippen molar-refractivity contribution in [3.63, 3.8) is 0 Å². The molecule has 1 atom stereocenters. The number of benzene rings is 1. The molecule has 0 N–H and O–H groups in total. The molecule has 1 fully saturated rings. The Balaban J connectivity index is 1.92. The molecule has 0 bridgehead atoms. The van der Waals surface area contributed by atoms with Gasteiger partial charge in [-0.2, -0.15) is 0 Å². The monoisotopic (exact) mass is 266 g/mol. The van der Waals surface area contributed by atoms with E-state index in [2.05, 4.69) is 13.8 Å². The quantitative estimate of drug-likeness (QED) is 0.688. The van der Waals surface area contributed by atoms with Crippen LogP contribution >= 0.6 is 0 Å². The van der Waals surface area contributed by atoms with Crippen LogP contribution < -0.4 is 0 Å². The van der Waals surface area contributed by atoms with Crippen LogP contribution in [-0.4, -0.2) is 0 Å². The molecule has 1 aromatic carbocycles. The second-order valence-corrected chi connectivity index (χ2v) is 6.15. The second-order valence-electron chi connectivity index (χ2n) is 6.15. The molecular weight excluding hydrogens is 242 g/mol. The maximum atomic E-state index is 13.2. The van der Waals surface area contributed by atoms with E-state index in [9.17, 15) is 8.78 Å². The Kier molecular flexibility index (Phi) is 4.95. The molecule has 0 amide bonds. The summed E-state index contributed by atoms with van der Waals surface area (Å²) in [6, 6.07) is 3.88. The van der Waals surface area contributed by atoms with E-state index in [1.807, 2.05) is 0 Å². The van der Waals surface area contributed by atoms with Gasteiger partial charge in [0.05, 0.1) is 0 Å². The number of hydrogen-bond donors (Lipinski definition) is 0. The van der Waals surface area contributed by atoms with E-state index in [0.717, 1.165) is 24.0 Å². The number of hydrogen-bond acceptors (Lipinski definition) is 0. The summed E-state index contributed by atoms with van der Waals surface area (Å²) in [6.45, 7) is 4.49. The van der Waals surface area contributed by atoms with Crippen LogP contribution in [0.4, 0.5) is 8.78 Å². The minimum absolute atomic E-state index is 0.461. The fourth-order valence-electron chi connectivity index (χ4n) is 3.43. The van der Waals surface area contributed by atoms with Crippen LogP contribution in [0.3, 0.4) is 0 Å². The van der Waals surface area contributed by atoms with E-state index in [-0.39, 0.29) is 0 Å². The minimum Gasteiger partial charge on any atom is -0.207 e. The van der Waals surface area contributed by atoms with E-state index in [1.165, 1.54) is 44.2 Å². The van der Waals surface area contributed by atoms with Gasteiger partial charge in [0, 0.05) is 6.07 Å². The van der Waals surface area contributed by atoms with Gasteiger partial charge in [0.2, 0.25) is 0 Å². The zero-order chi connectivity index (χ0) is 13.8. The minimum atomic E-state index is -0.461. The van der Waals surface area contributed by atoms with Gasteiger partial charge < -0.3 is 0 Å². The van der Waals surface area contributed by atoms with Crippen molar-refractivity contribution in [2.24, 2.45) is 17.8 Å². The maximum Gasteiger partial charge on any atom is 0.126 e. The highest BCUT2D eigenvalue weighted by Gasteiger charge is 2.24. The van der Waals surface area contributed by atoms with Gasteiger partial charge in [-0.05, 0) is 54.7 Å². The van der Waals surface area contributed by atoms with Crippen LogP contribution in [-0.2, 0) is 6.42 Å². The molecule has 0 nitrogen and oxygen atoms in total. The van der Waals surface area contributed by atoms with Crippen LogP contribution in [0.15, 0.2) is 18.2 Å². The lowest BCUT2D eigenvalue weighted by Crippen LogP contribution is -2.21. The molecule has 0 aliphatic heterocycles. The first-order valence-electron chi connectivity index (χ1n) is 7.53. The van der Waals surface area contributed by atoms with Crippen LogP contribution in [0.25, 0.3) is 0 Å². The van der Waals surface area contributed by atoms with Gasteiger partial charge in [0.25, 0.3) is 0 Å². The molecule has 2 heteroatoms. The summed E-state index contributed by atoms with van der Waals surface area (Å²) in [5, 5.41) is 0. The van der Waals surface area contributed by atoms with Crippen molar-refractivity contribution >= 4 is 0 Å². The molecule has 1 aliphatic carbocycles. The molecule has 0 saturated heterocycles. The molecule has 1 unspecified atom stereocenters. The van der Waals surface area contributed by atoms with Crippen molar-refractivity contribution in [3.8, 4) is 0 Å². The summed E-state index contributed by atoms with van der Waals surface area (Å²) < 4.78 is 26.4. The molecule has 1 saturated carbocycles. The summed E-state index contributed by atoms with van der Waals surface area (Å²) in [7, 11) is 0. The molecule has 0 aromatic heterocycles. The topological polar surface area (TPSA) is 0 Å². The van der Waals surface area contributed by atoms with Gasteiger partial charge in [0.1, 0.15) is 11.6 Å². The number of halogens is 2. The van der Waals surface area contributed by atoms with E-state index in [0.29, 0.717) is 11.8 Å². The van der Waals surface area contributed by atoms with Crippen molar-refractivity contribution in [2.75, 3.05) is 0 Å². The lowest BCUT2D eigenvalue weighted by atomic mass is 9.74. The molecule has 0 heterocycles. The molecule has 106 valence electrons. The zero-order valence-corrected chi connectivity index (χ0v) is 12.0. The van der Waals surface area contributed by atoms with Gasteiger partial charge in [-0.1, -0.05) is 33.1 Å². The predicted molar refractivity (Wildman–Crippen MR) is 75.0 cm³/mol. The summed E-state index contributed by atoms with van der Waals surface area (Å²) in [6.07, 6.45) is 7.27. The first kappa shape index (κ1) is 14.5. The van der Waals surface area contributed by atoms with Crippen LogP contribution in [0.2, 0.25) is 0 Å². The van der Waals surface area contributed by atoms with Gasteiger partial charge in [-0.15, -0.1) is 0 Å².